The number of nitrogens with one attached hydrogen (secondary N) is 1. The maximum Gasteiger partial charge on any atom is 0.285 e. The third kappa shape index (κ3) is 3.00. The normalized spacial score (nSPS) is 21.5. The molecule has 1 heterocycles. The maximum atomic E-state index is 13.4. The fourth-order valence-corrected chi connectivity index (χ4v) is 3.72. The first-order valence-electron chi connectivity index (χ1n) is 7.99. The van der Waals surface area contributed by atoms with E-state index in [9.17, 15) is 9.18 Å². The second-order valence-electron chi connectivity index (χ2n) is 6.29. The zero-order chi connectivity index (χ0) is 15.7. The lowest BCUT2D eigenvalue weighted by Crippen LogP contribution is -2.50. The zero-order valence-electron chi connectivity index (χ0n) is 12.8. The molecule has 1 atom stereocenters. The molecule has 0 saturated heterocycles. The van der Waals surface area contributed by atoms with E-state index in [2.05, 4.69) is 5.32 Å². The van der Waals surface area contributed by atoms with Crippen LogP contribution >= 0.6 is 12.2 Å². The summed E-state index contributed by atoms with van der Waals surface area (Å²) in [6.07, 6.45) is 6.15. The van der Waals surface area contributed by atoms with Crippen molar-refractivity contribution in [3.63, 3.8) is 0 Å². The minimum absolute atomic E-state index is 0.0776. The molecule has 0 spiro atoms. The van der Waals surface area contributed by atoms with Crippen molar-refractivity contribution in [1.29, 1.82) is 0 Å². The Morgan fingerprint density at radius 2 is 2.05 bits per heavy atom. The number of anilines is 1. The van der Waals surface area contributed by atoms with E-state index < -0.39 is 0 Å². The number of nitrogens with zero attached hydrogens (tertiary/aromatic N) is 1. The first kappa shape index (κ1) is 15.4. The molecular formula is C17H21FN2OS. The van der Waals surface area contributed by atoms with Gasteiger partial charge in [-0.3, -0.25) is 4.79 Å². The highest BCUT2D eigenvalue weighted by atomic mass is 32.1. The molecule has 0 bridgehead atoms. The van der Waals surface area contributed by atoms with Crippen molar-refractivity contribution < 1.29 is 9.18 Å². The average Bonchev–Trinajstić information content (AvgIpc) is 2.99. The average molecular weight is 320 g/mol. The number of hydrogen-bond donors (Lipinski definition) is 1. The fourth-order valence-electron chi connectivity index (χ4n) is 3.46. The van der Waals surface area contributed by atoms with Gasteiger partial charge in [0.15, 0.2) is 4.99 Å². The number of carbonyl (C=O) groups excluding carboxylic acids is 1. The van der Waals surface area contributed by atoms with Crippen LogP contribution in [0.3, 0.4) is 0 Å². The van der Waals surface area contributed by atoms with Crippen molar-refractivity contribution in [1.82, 2.24) is 5.32 Å². The van der Waals surface area contributed by atoms with Gasteiger partial charge < -0.3 is 10.2 Å². The minimum atomic E-state index is -0.257. The molecule has 1 fully saturated rings. The van der Waals surface area contributed by atoms with Gasteiger partial charge in [0.2, 0.25) is 0 Å². The third-order valence-corrected chi connectivity index (χ3v) is 4.97. The van der Waals surface area contributed by atoms with Crippen LogP contribution < -0.4 is 10.2 Å². The van der Waals surface area contributed by atoms with Crippen molar-refractivity contribution >= 4 is 28.8 Å². The molecule has 2 aliphatic rings. The highest BCUT2D eigenvalue weighted by Gasteiger charge is 2.31. The Morgan fingerprint density at radius 3 is 2.77 bits per heavy atom. The number of rotatable bonds is 1. The van der Waals surface area contributed by atoms with E-state index in [1.165, 1.54) is 25.0 Å². The summed E-state index contributed by atoms with van der Waals surface area (Å²) in [6, 6.07) is 5.02. The van der Waals surface area contributed by atoms with E-state index in [1.54, 1.807) is 11.0 Å². The smallest absolute Gasteiger partial charge is 0.285 e. The fraction of sp³-hybridized carbons (Fsp3) is 0.529. The van der Waals surface area contributed by atoms with Gasteiger partial charge >= 0.3 is 0 Å². The second kappa shape index (κ2) is 6.32. The second-order valence-corrected chi connectivity index (χ2v) is 6.70. The van der Waals surface area contributed by atoms with Crippen molar-refractivity contribution in [2.75, 3.05) is 4.90 Å². The van der Waals surface area contributed by atoms with Crippen LogP contribution in [-0.2, 0) is 11.2 Å². The van der Waals surface area contributed by atoms with E-state index >= 15 is 0 Å². The summed E-state index contributed by atoms with van der Waals surface area (Å²) in [4.78, 5) is 14.8. The van der Waals surface area contributed by atoms with Gasteiger partial charge in [0.1, 0.15) is 5.82 Å². The van der Waals surface area contributed by atoms with Crippen molar-refractivity contribution in [2.24, 2.45) is 0 Å². The standard InChI is InChI=1S/C17H21FN2OS/c1-11-6-7-12-10-13(18)8-9-15(12)20(11)17(21)16(22)19-14-4-2-3-5-14/h8-11,14H,2-7H2,1H3,(H,19,22). The molecular weight excluding hydrogens is 299 g/mol. The summed E-state index contributed by atoms with van der Waals surface area (Å²) in [5.74, 6) is -0.422. The van der Waals surface area contributed by atoms with Crippen LogP contribution in [0.1, 0.15) is 44.6 Å². The molecule has 1 unspecified atom stereocenters. The van der Waals surface area contributed by atoms with Gasteiger partial charge in [-0.15, -0.1) is 0 Å². The molecule has 1 amide bonds. The molecule has 3 nitrogen and oxygen atoms in total. The number of benzene rings is 1. The molecule has 118 valence electrons. The molecule has 3 rings (SSSR count). The van der Waals surface area contributed by atoms with Gasteiger partial charge in [-0.1, -0.05) is 25.1 Å². The van der Waals surface area contributed by atoms with Crippen molar-refractivity contribution in [2.45, 2.75) is 57.5 Å². The summed E-state index contributed by atoms with van der Waals surface area (Å²) in [5.41, 5.74) is 1.68. The summed E-state index contributed by atoms with van der Waals surface area (Å²) < 4.78 is 13.4. The molecule has 1 aromatic carbocycles. The Kier molecular flexibility index (Phi) is 4.43. The molecule has 1 N–H and O–H groups in total. The number of halogens is 1. The summed E-state index contributed by atoms with van der Waals surface area (Å²) in [7, 11) is 0. The number of fused-ring (bicyclic) bond motifs is 1. The Balaban J connectivity index is 1.80. The van der Waals surface area contributed by atoms with E-state index in [4.69, 9.17) is 12.2 Å². The lowest BCUT2D eigenvalue weighted by atomic mass is 9.96. The zero-order valence-corrected chi connectivity index (χ0v) is 13.6. The van der Waals surface area contributed by atoms with Crippen molar-refractivity contribution in [3.8, 4) is 0 Å². The number of hydrogen-bond acceptors (Lipinski definition) is 2. The molecule has 22 heavy (non-hydrogen) atoms. The molecule has 1 aliphatic carbocycles. The molecule has 1 aliphatic heterocycles. The van der Waals surface area contributed by atoms with Crippen LogP contribution in [0.15, 0.2) is 18.2 Å². The Hall–Kier alpha value is -1.49. The third-order valence-electron chi connectivity index (χ3n) is 4.68. The SMILES string of the molecule is CC1CCc2cc(F)ccc2N1C(=O)C(=S)NC1CCCC1. The van der Waals surface area contributed by atoms with Crippen LogP contribution in [0.2, 0.25) is 0 Å². The van der Waals surface area contributed by atoms with E-state index in [0.717, 1.165) is 36.9 Å². The quantitative estimate of drug-likeness (QED) is 0.805. The number of aryl methyl sites for hydroxylation is 1. The predicted octanol–water partition coefficient (Wildman–Crippen LogP) is 3.35. The largest absolute Gasteiger partial charge is 0.369 e. The Morgan fingerprint density at radius 1 is 1.32 bits per heavy atom. The van der Waals surface area contributed by atoms with Crippen LogP contribution in [0.4, 0.5) is 10.1 Å². The van der Waals surface area contributed by atoms with E-state index in [0.29, 0.717) is 6.04 Å². The van der Waals surface area contributed by atoms with Gasteiger partial charge in [-0.2, -0.15) is 0 Å². The lowest BCUT2D eigenvalue weighted by Gasteiger charge is -2.35. The summed E-state index contributed by atoms with van der Waals surface area (Å²) >= 11 is 5.33. The molecule has 0 radical (unpaired) electrons. The molecule has 0 aromatic heterocycles. The van der Waals surface area contributed by atoms with Crippen LogP contribution in [-0.4, -0.2) is 23.0 Å². The van der Waals surface area contributed by atoms with Crippen LogP contribution in [0, 0.1) is 5.82 Å². The highest BCUT2D eigenvalue weighted by Crippen LogP contribution is 2.31. The molecule has 1 aromatic rings. The summed E-state index contributed by atoms with van der Waals surface area (Å²) in [5, 5.41) is 3.20. The Labute approximate surface area is 135 Å². The van der Waals surface area contributed by atoms with Crippen LogP contribution in [0.5, 0.6) is 0 Å². The van der Waals surface area contributed by atoms with Crippen molar-refractivity contribution in [3.05, 3.63) is 29.6 Å². The van der Waals surface area contributed by atoms with E-state index in [1.807, 2.05) is 6.92 Å². The number of amides is 1. The maximum absolute atomic E-state index is 13.4. The first-order valence-corrected chi connectivity index (χ1v) is 8.39. The van der Waals surface area contributed by atoms with Gasteiger partial charge in [-0.05, 0) is 56.4 Å². The van der Waals surface area contributed by atoms with Gasteiger partial charge in [0.05, 0.1) is 0 Å². The Bertz CT molecular complexity index is 598. The van der Waals surface area contributed by atoms with Gasteiger partial charge in [0.25, 0.3) is 5.91 Å². The summed E-state index contributed by atoms with van der Waals surface area (Å²) in [6.45, 7) is 2.02. The van der Waals surface area contributed by atoms with Gasteiger partial charge in [0, 0.05) is 17.8 Å². The monoisotopic (exact) mass is 320 g/mol. The van der Waals surface area contributed by atoms with Gasteiger partial charge in [-0.25, -0.2) is 4.39 Å². The first-order chi connectivity index (χ1) is 10.6. The topological polar surface area (TPSA) is 32.3 Å². The molecule has 5 heteroatoms. The molecule has 1 saturated carbocycles. The van der Waals surface area contributed by atoms with Crippen LogP contribution in [0.25, 0.3) is 0 Å². The lowest BCUT2D eigenvalue weighted by molar-refractivity contribution is -0.113. The van der Waals surface area contributed by atoms with E-state index in [-0.39, 0.29) is 22.8 Å². The number of thiocarbonyl (C=S) groups is 1. The highest BCUT2D eigenvalue weighted by molar-refractivity contribution is 7.82. The minimum Gasteiger partial charge on any atom is -0.369 e. The predicted molar refractivity (Wildman–Crippen MR) is 89.7 cm³/mol. The number of carbonyl (C=O) groups is 1.